The number of thiophene rings is 1. The van der Waals surface area contributed by atoms with Crippen LogP contribution < -0.4 is 5.56 Å². The van der Waals surface area contributed by atoms with Gasteiger partial charge < -0.3 is 4.98 Å². The quantitative estimate of drug-likeness (QED) is 0.590. The van der Waals surface area contributed by atoms with Crippen LogP contribution in [-0.4, -0.2) is 10.8 Å². The van der Waals surface area contributed by atoms with E-state index >= 15 is 0 Å². The molecule has 3 nitrogen and oxygen atoms in total. The zero-order valence-corrected chi connectivity index (χ0v) is 12.2. The second-order valence-electron chi connectivity index (χ2n) is 4.77. The van der Waals surface area contributed by atoms with Gasteiger partial charge in [-0.15, -0.1) is 11.3 Å². The van der Waals surface area contributed by atoms with Crippen molar-refractivity contribution in [1.82, 2.24) is 4.98 Å². The molecular weight excluding hydrogens is 282 g/mol. The highest BCUT2D eigenvalue weighted by atomic mass is 32.1. The zero-order valence-electron chi connectivity index (χ0n) is 11.4. The van der Waals surface area contributed by atoms with Gasteiger partial charge in [0, 0.05) is 5.56 Å². The molecule has 0 spiro atoms. The van der Waals surface area contributed by atoms with Gasteiger partial charge in [0.1, 0.15) is 0 Å². The van der Waals surface area contributed by atoms with E-state index in [1.807, 2.05) is 36.6 Å². The Morgan fingerprint density at radius 3 is 2.86 bits per heavy atom. The summed E-state index contributed by atoms with van der Waals surface area (Å²) >= 11 is 1.39. The Morgan fingerprint density at radius 2 is 2.10 bits per heavy atom. The molecule has 1 N–H and O–H groups in total. The number of aryl methyl sites for hydroxylation is 1. The SMILES string of the molecule is Cc1cccc2cc(/C=C\C(=O)c3cccs3)c(=O)[nH]c12. The molecule has 3 rings (SSSR count). The Labute approximate surface area is 125 Å². The summed E-state index contributed by atoms with van der Waals surface area (Å²) in [6.45, 7) is 1.95. The summed E-state index contributed by atoms with van der Waals surface area (Å²) in [7, 11) is 0. The third-order valence-electron chi connectivity index (χ3n) is 3.30. The number of carbonyl (C=O) groups is 1. The third kappa shape index (κ3) is 2.71. The number of nitrogens with one attached hydrogen (secondary N) is 1. The van der Waals surface area contributed by atoms with Crippen molar-refractivity contribution in [3.05, 3.63) is 74.2 Å². The van der Waals surface area contributed by atoms with Gasteiger partial charge in [0.05, 0.1) is 10.4 Å². The van der Waals surface area contributed by atoms with Crippen LogP contribution >= 0.6 is 11.3 Å². The smallest absolute Gasteiger partial charge is 0.255 e. The molecule has 0 bridgehead atoms. The monoisotopic (exact) mass is 295 g/mol. The summed E-state index contributed by atoms with van der Waals surface area (Å²) in [6.07, 6.45) is 3.01. The predicted octanol–water partition coefficient (Wildman–Crippen LogP) is 3.79. The van der Waals surface area contributed by atoms with E-state index < -0.39 is 0 Å². The average molecular weight is 295 g/mol. The van der Waals surface area contributed by atoms with Gasteiger partial charge in [-0.05, 0) is 47.5 Å². The van der Waals surface area contributed by atoms with Crippen LogP contribution in [0.3, 0.4) is 0 Å². The van der Waals surface area contributed by atoms with Gasteiger partial charge in [-0.25, -0.2) is 0 Å². The molecule has 0 saturated heterocycles. The third-order valence-corrected chi connectivity index (χ3v) is 4.18. The summed E-state index contributed by atoms with van der Waals surface area (Å²) in [5.74, 6) is -0.0891. The molecule has 2 heterocycles. The van der Waals surface area contributed by atoms with Crippen molar-refractivity contribution >= 4 is 34.1 Å². The number of hydrogen-bond donors (Lipinski definition) is 1. The maximum atomic E-state index is 12.1. The van der Waals surface area contributed by atoms with Crippen LogP contribution in [0.15, 0.2) is 52.6 Å². The van der Waals surface area contributed by atoms with Gasteiger partial charge in [0.2, 0.25) is 0 Å². The van der Waals surface area contributed by atoms with E-state index in [0.29, 0.717) is 10.4 Å². The van der Waals surface area contributed by atoms with Crippen LogP contribution in [0.5, 0.6) is 0 Å². The lowest BCUT2D eigenvalue weighted by Crippen LogP contribution is -2.09. The van der Waals surface area contributed by atoms with Crippen molar-refractivity contribution in [3.63, 3.8) is 0 Å². The van der Waals surface area contributed by atoms with Gasteiger partial charge in [-0.3, -0.25) is 9.59 Å². The van der Waals surface area contributed by atoms with E-state index in [-0.39, 0.29) is 11.3 Å². The van der Waals surface area contributed by atoms with E-state index in [1.165, 1.54) is 17.4 Å². The number of rotatable bonds is 3. The van der Waals surface area contributed by atoms with E-state index in [1.54, 1.807) is 18.2 Å². The number of aromatic nitrogens is 1. The van der Waals surface area contributed by atoms with Crippen LogP contribution in [0, 0.1) is 6.92 Å². The number of carbonyl (C=O) groups excluding carboxylic acids is 1. The summed E-state index contributed by atoms with van der Waals surface area (Å²) < 4.78 is 0. The molecule has 0 fully saturated rings. The fourth-order valence-electron chi connectivity index (χ4n) is 2.19. The number of fused-ring (bicyclic) bond motifs is 1. The molecule has 0 aliphatic heterocycles. The minimum Gasteiger partial charge on any atom is -0.321 e. The van der Waals surface area contributed by atoms with Crippen LogP contribution in [0.1, 0.15) is 20.8 Å². The Hall–Kier alpha value is -2.46. The summed E-state index contributed by atoms with van der Waals surface area (Å²) in [5.41, 5.74) is 2.16. The van der Waals surface area contributed by atoms with Crippen LogP contribution in [-0.2, 0) is 0 Å². The molecule has 0 atom stereocenters. The first-order valence-electron chi connectivity index (χ1n) is 6.54. The van der Waals surface area contributed by atoms with Crippen LogP contribution in [0.2, 0.25) is 0 Å². The first-order valence-corrected chi connectivity index (χ1v) is 7.42. The number of pyridine rings is 1. The van der Waals surface area contributed by atoms with Crippen molar-refractivity contribution in [2.75, 3.05) is 0 Å². The van der Waals surface area contributed by atoms with Crippen molar-refractivity contribution in [3.8, 4) is 0 Å². The first-order chi connectivity index (χ1) is 10.1. The largest absolute Gasteiger partial charge is 0.321 e. The summed E-state index contributed by atoms with van der Waals surface area (Å²) in [5, 5.41) is 2.81. The van der Waals surface area contributed by atoms with Gasteiger partial charge in [-0.2, -0.15) is 0 Å². The highest BCUT2D eigenvalue weighted by molar-refractivity contribution is 7.12. The van der Waals surface area contributed by atoms with Crippen molar-refractivity contribution in [1.29, 1.82) is 0 Å². The topological polar surface area (TPSA) is 49.9 Å². The Balaban J connectivity index is 2.00. The molecule has 0 radical (unpaired) electrons. The van der Waals surface area contributed by atoms with Gasteiger partial charge in [-0.1, -0.05) is 24.3 Å². The maximum Gasteiger partial charge on any atom is 0.255 e. The molecule has 21 heavy (non-hydrogen) atoms. The van der Waals surface area contributed by atoms with Crippen LogP contribution in [0.4, 0.5) is 0 Å². The average Bonchev–Trinajstić information content (AvgIpc) is 3.00. The summed E-state index contributed by atoms with van der Waals surface area (Å²) in [6, 6.07) is 11.2. The molecular formula is C17H13NO2S. The van der Waals surface area contributed by atoms with Crippen molar-refractivity contribution in [2.45, 2.75) is 6.92 Å². The number of aromatic amines is 1. The minimum absolute atomic E-state index is 0.0891. The second kappa shape index (κ2) is 5.50. The van der Waals surface area contributed by atoms with E-state index in [4.69, 9.17) is 0 Å². The zero-order chi connectivity index (χ0) is 14.8. The number of para-hydroxylation sites is 1. The number of H-pyrrole nitrogens is 1. The molecule has 0 aliphatic carbocycles. The first kappa shape index (κ1) is 13.5. The molecule has 0 amide bonds. The highest BCUT2D eigenvalue weighted by Crippen LogP contribution is 2.16. The lowest BCUT2D eigenvalue weighted by Gasteiger charge is -2.02. The molecule has 2 aromatic heterocycles. The Morgan fingerprint density at radius 1 is 1.24 bits per heavy atom. The molecule has 0 aliphatic rings. The molecule has 0 unspecified atom stereocenters. The highest BCUT2D eigenvalue weighted by Gasteiger charge is 2.05. The molecule has 104 valence electrons. The molecule has 0 saturated carbocycles. The van der Waals surface area contributed by atoms with E-state index in [0.717, 1.165) is 16.5 Å². The van der Waals surface area contributed by atoms with Gasteiger partial charge in [0.25, 0.3) is 5.56 Å². The molecule has 3 aromatic rings. The molecule has 4 heteroatoms. The Bertz CT molecular complexity index is 889. The maximum absolute atomic E-state index is 12.1. The van der Waals surface area contributed by atoms with Crippen molar-refractivity contribution in [2.24, 2.45) is 0 Å². The number of hydrogen-bond acceptors (Lipinski definition) is 3. The predicted molar refractivity (Wildman–Crippen MR) is 87.0 cm³/mol. The normalized spacial score (nSPS) is 11.3. The van der Waals surface area contributed by atoms with Crippen molar-refractivity contribution < 1.29 is 4.79 Å². The minimum atomic E-state index is -0.188. The number of allylic oxidation sites excluding steroid dienone is 1. The number of ketones is 1. The summed E-state index contributed by atoms with van der Waals surface area (Å²) in [4.78, 5) is 27.5. The van der Waals surface area contributed by atoms with E-state index in [2.05, 4.69) is 4.98 Å². The van der Waals surface area contributed by atoms with Gasteiger partial charge in [0.15, 0.2) is 5.78 Å². The standard InChI is InChI=1S/C17H13NO2S/c1-11-4-2-5-12-10-13(17(20)18-16(11)12)7-8-14(19)15-6-3-9-21-15/h2-10H,1H3,(H,18,20)/b8-7-. The fraction of sp³-hybridized carbons (Fsp3) is 0.0588. The second-order valence-corrected chi connectivity index (χ2v) is 5.72. The van der Waals surface area contributed by atoms with Gasteiger partial charge >= 0.3 is 0 Å². The van der Waals surface area contributed by atoms with Crippen LogP contribution in [0.25, 0.3) is 17.0 Å². The molecule has 1 aromatic carbocycles. The van der Waals surface area contributed by atoms with E-state index in [9.17, 15) is 9.59 Å². The lowest BCUT2D eigenvalue weighted by atomic mass is 10.1. The Kier molecular flexibility index (Phi) is 3.54. The fourth-order valence-corrected chi connectivity index (χ4v) is 2.84. The lowest BCUT2D eigenvalue weighted by molar-refractivity contribution is 0.105. The number of benzene rings is 1.